The Balaban J connectivity index is 4.46. The molecule has 0 fully saturated rings. The van der Waals surface area contributed by atoms with E-state index in [9.17, 15) is 14.4 Å². The molecule has 0 aliphatic rings. The number of hydrogen-bond donors (Lipinski definition) is 0. The van der Waals surface area contributed by atoms with Gasteiger partial charge >= 0.3 is 17.9 Å². The third-order valence-corrected chi connectivity index (χ3v) is 11.2. The normalized spacial score (nSPS) is 12.8. The molecule has 0 heterocycles. The van der Waals surface area contributed by atoms with Crippen molar-refractivity contribution in [1.29, 1.82) is 0 Å². The molecule has 0 rings (SSSR count). The van der Waals surface area contributed by atoms with Crippen LogP contribution in [0.15, 0.2) is 97.2 Å². The summed E-state index contributed by atoms with van der Waals surface area (Å²) in [6.07, 6.45) is 69.6. The van der Waals surface area contributed by atoms with Crippen LogP contribution in [0.5, 0.6) is 0 Å². The molecular weight excluding hydrogens is 805 g/mol. The number of carbonyl (C=O) groups is 3. The van der Waals surface area contributed by atoms with Gasteiger partial charge in [-0.1, -0.05) is 227 Å². The van der Waals surface area contributed by atoms with Gasteiger partial charge in [0.2, 0.25) is 0 Å². The lowest BCUT2D eigenvalue weighted by Gasteiger charge is -2.18. The van der Waals surface area contributed by atoms with Crippen LogP contribution in [-0.4, -0.2) is 37.2 Å². The maximum atomic E-state index is 12.8. The Morgan fingerprint density at radius 2 is 0.677 bits per heavy atom. The van der Waals surface area contributed by atoms with Crippen molar-refractivity contribution in [3.05, 3.63) is 97.2 Å². The van der Waals surface area contributed by atoms with Crippen LogP contribution in [0.2, 0.25) is 0 Å². The smallest absolute Gasteiger partial charge is 0.306 e. The molecule has 0 aromatic rings. The topological polar surface area (TPSA) is 78.9 Å². The van der Waals surface area contributed by atoms with Crippen molar-refractivity contribution in [3.63, 3.8) is 0 Å². The van der Waals surface area contributed by atoms with E-state index in [2.05, 4.69) is 99.8 Å². The first kappa shape index (κ1) is 61.3. The van der Waals surface area contributed by atoms with Crippen molar-refractivity contribution < 1.29 is 28.6 Å². The van der Waals surface area contributed by atoms with E-state index in [1.165, 1.54) is 77.0 Å². The average molecular weight is 903 g/mol. The molecule has 0 amide bonds. The van der Waals surface area contributed by atoms with Crippen LogP contribution < -0.4 is 0 Å². The lowest BCUT2D eigenvalue weighted by atomic mass is 10.1. The van der Waals surface area contributed by atoms with Gasteiger partial charge in [-0.2, -0.15) is 0 Å². The summed E-state index contributed by atoms with van der Waals surface area (Å²) in [5, 5.41) is 0. The van der Waals surface area contributed by atoms with Crippen LogP contribution in [0.3, 0.4) is 0 Å². The van der Waals surface area contributed by atoms with Crippen molar-refractivity contribution in [2.24, 2.45) is 0 Å². The van der Waals surface area contributed by atoms with Gasteiger partial charge in [0.25, 0.3) is 0 Å². The quantitative estimate of drug-likeness (QED) is 0.0199. The van der Waals surface area contributed by atoms with Gasteiger partial charge in [-0.05, 0) is 89.9 Å². The molecule has 0 aromatic heterocycles. The standard InChI is InChI=1S/C59H98O6/c1-4-7-10-13-16-19-22-25-28-29-30-32-34-37-40-43-46-49-52-58(61)64-55-56(54-63-57(60)51-48-45-42-39-36-33-27-24-21-18-15-12-9-6-3)65-59(62)53-50-47-44-41-38-35-31-26-23-20-17-14-11-8-5-2/h8-9,11-12,14,17-18,20-21,23,26,28-32,56H,4-7,10,13,15-16,19,22,24-25,27,33-55H2,1-3H3/b11-8-,12-9-,17-14-,21-18-,23-20-,29-28-,31-26-,32-30-. The van der Waals surface area contributed by atoms with E-state index in [0.29, 0.717) is 19.3 Å². The Morgan fingerprint density at radius 3 is 1.12 bits per heavy atom. The Labute approximate surface area is 400 Å². The molecule has 370 valence electrons. The van der Waals surface area contributed by atoms with Gasteiger partial charge in [-0.3, -0.25) is 14.4 Å². The Bertz CT molecular complexity index is 1310. The molecule has 0 bridgehead atoms. The van der Waals surface area contributed by atoms with Gasteiger partial charge in [0.1, 0.15) is 13.2 Å². The van der Waals surface area contributed by atoms with Crippen molar-refractivity contribution in [2.75, 3.05) is 13.2 Å². The highest BCUT2D eigenvalue weighted by Gasteiger charge is 2.19. The van der Waals surface area contributed by atoms with Gasteiger partial charge in [-0.25, -0.2) is 0 Å². The SMILES string of the molecule is CC\C=C/C=C\C=C/C=C\CCCCCCCC(=O)OC(COC(=O)CCCCCCC/C=C\C=C/CCCCCCCCC)COC(=O)CCCCCCCCC/C=C\C/C=C\CC. The first-order valence-electron chi connectivity index (χ1n) is 26.8. The predicted molar refractivity (Wildman–Crippen MR) is 279 cm³/mol. The Morgan fingerprint density at radius 1 is 0.338 bits per heavy atom. The Hall–Kier alpha value is -3.67. The second-order valence-corrected chi connectivity index (χ2v) is 17.5. The predicted octanol–water partition coefficient (Wildman–Crippen LogP) is 17.8. The zero-order valence-corrected chi connectivity index (χ0v) is 42.2. The fourth-order valence-electron chi connectivity index (χ4n) is 7.19. The minimum Gasteiger partial charge on any atom is -0.462 e. The molecule has 6 heteroatoms. The maximum Gasteiger partial charge on any atom is 0.306 e. The third kappa shape index (κ3) is 51.2. The molecule has 0 saturated carbocycles. The average Bonchev–Trinajstić information content (AvgIpc) is 3.30. The van der Waals surface area contributed by atoms with Crippen molar-refractivity contribution >= 4 is 17.9 Å². The zero-order valence-electron chi connectivity index (χ0n) is 42.2. The highest BCUT2D eigenvalue weighted by molar-refractivity contribution is 5.71. The maximum absolute atomic E-state index is 12.8. The second kappa shape index (κ2) is 52.9. The lowest BCUT2D eigenvalue weighted by Crippen LogP contribution is -2.30. The second-order valence-electron chi connectivity index (χ2n) is 17.5. The molecule has 0 aliphatic heterocycles. The largest absolute Gasteiger partial charge is 0.462 e. The number of ether oxygens (including phenoxy) is 3. The number of rotatable bonds is 47. The van der Waals surface area contributed by atoms with Gasteiger partial charge in [0.15, 0.2) is 6.10 Å². The van der Waals surface area contributed by atoms with Crippen molar-refractivity contribution in [1.82, 2.24) is 0 Å². The molecule has 0 saturated heterocycles. The van der Waals surface area contributed by atoms with Crippen molar-refractivity contribution in [3.8, 4) is 0 Å². The number of hydrogen-bond acceptors (Lipinski definition) is 6. The number of allylic oxidation sites excluding steroid dienone is 16. The van der Waals surface area contributed by atoms with Crippen LogP contribution in [0.1, 0.15) is 239 Å². The highest BCUT2D eigenvalue weighted by atomic mass is 16.6. The van der Waals surface area contributed by atoms with E-state index in [4.69, 9.17) is 14.2 Å². The Kier molecular flexibility index (Phi) is 50.0. The first-order chi connectivity index (χ1) is 32.0. The van der Waals surface area contributed by atoms with E-state index in [-0.39, 0.29) is 31.1 Å². The van der Waals surface area contributed by atoms with Crippen LogP contribution in [0.4, 0.5) is 0 Å². The first-order valence-corrected chi connectivity index (χ1v) is 26.8. The monoisotopic (exact) mass is 903 g/mol. The van der Waals surface area contributed by atoms with E-state index < -0.39 is 6.10 Å². The van der Waals surface area contributed by atoms with Crippen molar-refractivity contribution in [2.45, 2.75) is 245 Å². The summed E-state index contributed by atoms with van der Waals surface area (Å²) in [7, 11) is 0. The highest BCUT2D eigenvalue weighted by Crippen LogP contribution is 2.14. The molecule has 65 heavy (non-hydrogen) atoms. The van der Waals surface area contributed by atoms with Gasteiger partial charge in [-0.15, -0.1) is 0 Å². The zero-order chi connectivity index (χ0) is 47.2. The number of unbranched alkanes of at least 4 members (excludes halogenated alkanes) is 24. The number of esters is 3. The van der Waals surface area contributed by atoms with E-state index >= 15 is 0 Å². The third-order valence-electron chi connectivity index (χ3n) is 11.2. The van der Waals surface area contributed by atoms with Crippen LogP contribution in [0.25, 0.3) is 0 Å². The molecule has 0 aromatic carbocycles. The molecular formula is C59H98O6. The molecule has 6 nitrogen and oxygen atoms in total. The minimum absolute atomic E-state index is 0.0977. The summed E-state index contributed by atoms with van der Waals surface area (Å²) in [6.45, 7) is 6.35. The van der Waals surface area contributed by atoms with Gasteiger partial charge in [0.05, 0.1) is 0 Å². The summed E-state index contributed by atoms with van der Waals surface area (Å²) in [4.78, 5) is 38.0. The summed E-state index contributed by atoms with van der Waals surface area (Å²) < 4.78 is 16.8. The van der Waals surface area contributed by atoms with E-state index in [1.807, 2.05) is 18.2 Å². The molecule has 1 atom stereocenters. The molecule has 0 N–H and O–H groups in total. The molecule has 1 unspecified atom stereocenters. The molecule has 0 aliphatic carbocycles. The summed E-state index contributed by atoms with van der Waals surface area (Å²) in [5.74, 6) is -0.945. The summed E-state index contributed by atoms with van der Waals surface area (Å²) >= 11 is 0. The van der Waals surface area contributed by atoms with E-state index in [1.54, 1.807) is 0 Å². The molecule has 0 radical (unpaired) electrons. The van der Waals surface area contributed by atoms with Crippen LogP contribution in [-0.2, 0) is 28.6 Å². The number of carbonyl (C=O) groups excluding carboxylic acids is 3. The molecule has 0 spiro atoms. The lowest BCUT2D eigenvalue weighted by molar-refractivity contribution is -0.167. The van der Waals surface area contributed by atoms with E-state index in [0.717, 1.165) is 122 Å². The van der Waals surface area contributed by atoms with Gasteiger partial charge < -0.3 is 14.2 Å². The minimum atomic E-state index is -0.801. The fourth-order valence-corrected chi connectivity index (χ4v) is 7.19. The van der Waals surface area contributed by atoms with Gasteiger partial charge in [0, 0.05) is 19.3 Å². The summed E-state index contributed by atoms with van der Waals surface area (Å²) in [5.41, 5.74) is 0. The van der Waals surface area contributed by atoms with Crippen LogP contribution in [0, 0.1) is 0 Å². The fraction of sp³-hybridized carbons (Fsp3) is 0.678. The van der Waals surface area contributed by atoms with Crippen LogP contribution >= 0.6 is 0 Å². The summed E-state index contributed by atoms with van der Waals surface area (Å²) in [6, 6.07) is 0.